The molecule has 0 saturated heterocycles. The first kappa shape index (κ1) is 14.0. The van der Waals surface area contributed by atoms with Crippen LogP contribution in [-0.2, 0) is 4.79 Å². The van der Waals surface area contributed by atoms with Crippen LogP contribution in [0.4, 0.5) is 4.39 Å². The van der Waals surface area contributed by atoms with E-state index >= 15 is 0 Å². The van der Waals surface area contributed by atoms with Gasteiger partial charge in [-0.15, -0.1) is 0 Å². The molecule has 1 aromatic carbocycles. The van der Waals surface area contributed by atoms with E-state index in [4.69, 9.17) is 0 Å². The van der Waals surface area contributed by atoms with Crippen molar-refractivity contribution in [3.05, 3.63) is 46.9 Å². The molecule has 3 rings (SSSR count). The maximum Gasteiger partial charge on any atom is 0.258 e. The molecule has 0 aliphatic heterocycles. The Kier molecular flexibility index (Phi) is 3.01. The Balaban J connectivity index is 1.85. The molecule has 4 heteroatoms. The fourth-order valence-corrected chi connectivity index (χ4v) is 3.57. The van der Waals surface area contributed by atoms with Gasteiger partial charge < -0.3 is 5.32 Å². The van der Waals surface area contributed by atoms with E-state index in [0.29, 0.717) is 18.0 Å². The lowest BCUT2D eigenvalue weighted by Gasteiger charge is -2.14. The van der Waals surface area contributed by atoms with Gasteiger partial charge in [-0.05, 0) is 36.3 Å². The summed E-state index contributed by atoms with van der Waals surface area (Å²) in [5.74, 6) is -0.343. The van der Waals surface area contributed by atoms with Crippen molar-refractivity contribution in [2.45, 2.75) is 27.2 Å². The maximum atomic E-state index is 13.6. The number of fused-ring (bicyclic) bond motifs is 1. The molecule has 2 atom stereocenters. The zero-order valence-electron chi connectivity index (χ0n) is 12.4. The van der Waals surface area contributed by atoms with Crippen LogP contribution in [0, 0.1) is 23.1 Å². The highest BCUT2D eigenvalue weighted by Gasteiger charge is 2.65. The lowest BCUT2D eigenvalue weighted by Crippen LogP contribution is -2.25. The van der Waals surface area contributed by atoms with Gasteiger partial charge in [-0.25, -0.2) is 4.39 Å². The van der Waals surface area contributed by atoms with Crippen LogP contribution < -0.4 is 5.32 Å². The molecule has 2 saturated carbocycles. The Morgan fingerprint density at radius 2 is 2.00 bits per heavy atom. The second kappa shape index (κ2) is 4.52. The van der Waals surface area contributed by atoms with Crippen LogP contribution in [0.15, 0.2) is 35.5 Å². The first-order valence-electron chi connectivity index (χ1n) is 7.14. The van der Waals surface area contributed by atoms with Gasteiger partial charge >= 0.3 is 0 Å². The molecule has 0 radical (unpaired) electrons. The standard InChI is InChI=1S/C17H18FNO2/c1-9(14-13(20)8-11-15(14)17(11,2)3)19-16(21)10-6-4-5-7-12(10)18/h4-7,11,15H,8H2,1-3H3,(H,19,21)/b14-9-/t11-,15-/m1/s1. The number of hydrogen-bond acceptors (Lipinski definition) is 2. The van der Waals surface area contributed by atoms with Gasteiger partial charge in [0.25, 0.3) is 5.91 Å². The summed E-state index contributed by atoms with van der Waals surface area (Å²) in [5.41, 5.74) is 1.41. The van der Waals surface area contributed by atoms with Gasteiger partial charge in [0, 0.05) is 17.7 Å². The number of allylic oxidation sites excluding steroid dienone is 2. The summed E-state index contributed by atoms with van der Waals surface area (Å²) in [4.78, 5) is 24.2. The van der Waals surface area contributed by atoms with E-state index in [1.165, 1.54) is 18.2 Å². The van der Waals surface area contributed by atoms with E-state index in [1.807, 2.05) is 0 Å². The minimum atomic E-state index is -0.560. The van der Waals surface area contributed by atoms with Crippen molar-refractivity contribution in [1.29, 1.82) is 0 Å². The van der Waals surface area contributed by atoms with E-state index in [1.54, 1.807) is 13.0 Å². The van der Waals surface area contributed by atoms with E-state index in [2.05, 4.69) is 19.2 Å². The number of Topliss-reactive ketones (excluding diaryl/α,β-unsaturated/α-hetero) is 1. The van der Waals surface area contributed by atoms with Gasteiger partial charge in [-0.2, -0.15) is 0 Å². The lowest BCUT2D eigenvalue weighted by atomic mass is 9.95. The molecule has 2 aliphatic carbocycles. The van der Waals surface area contributed by atoms with Crippen molar-refractivity contribution in [3.8, 4) is 0 Å². The Labute approximate surface area is 123 Å². The highest BCUT2D eigenvalue weighted by Crippen LogP contribution is 2.68. The minimum Gasteiger partial charge on any atom is -0.325 e. The van der Waals surface area contributed by atoms with Gasteiger partial charge in [0.2, 0.25) is 0 Å². The fraction of sp³-hybridized carbons (Fsp3) is 0.412. The molecule has 1 amide bonds. The zero-order valence-corrected chi connectivity index (χ0v) is 12.4. The van der Waals surface area contributed by atoms with Crippen LogP contribution in [0.5, 0.6) is 0 Å². The zero-order chi connectivity index (χ0) is 15.4. The van der Waals surface area contributed by atoms with Crippen molar-refractivity contribution in [2.75, 3.05) is 0 Å². The molecule has 0 spiro atoms. The summed E-state index contributed by atoms with van der Waals surface area (Å²) in [5, 5.41) is 2.68. The molecule has 3 nitrogen and oxygen atoms in total. The van der Waals surface area contributed by atoms with Crippen molar-refractivity contribution in [2.24, 2.45) is 17.3 Å². The van der Waals surface area contributed by atoms with E-state index < -0.39 is 11.7 Å². The summed E-state index contributed by atoms with van der Waals surface area (Å²) in [6.07, 6.45) is 0.555. The quantitative estimate of drug-likeness (QED) is 0.850. The summed E-state index contributed by atoms with van der Waals surface area (Å²) < 4.78 is 13.6. The smallest absolute Gasteiger partial charge is 0.258 e. The van der Waals surface area contributed by atoms with Crippen LogP contribution in [0.25, 0.3) is 0 Å². The average molecular weight is 287 g/mol. The molecule has 0 heterocycles. The molecule has 2 aliphatic rings. The number of carbonyl (C=O) groups excluding carboxylic acids is 2. The van der Waals surface area contributed by atoms with Gasteiger partial charge in [-0.1, -0.05) is 26.0 Å². The molecule has 2 fully saturated rings. The molecule has 1 aromatic rings. The Bertz CT molecular complexity index is 675. The van der Waals surface area contributed by atoms with Crippen molar-refractivity contribution in [1.82, 2.24) is 5.32 Å². The highest BCUT2D eigenvalue weighted by atomic mass is 19.1. The number of amides is 1. The molecule has 0 aromatic heterocycles. The minimum absolute atomic E-state index is 0.00509. The number of carbonyl (C=O) groups is 2. The van der Waals surface area contributed by atoms with E-state index in [-0.39, 0.29) is 22.7 Å². The number of ketones is 1. The third-order valence-electron chi connectivity index (χ3n) is 4.89. The van der Waals surface area contributed by atoms with Crippen molar-refractivity contribution < 1.29 is 14.0 Å². The number of halogens is 1. The van der Waals surface area contributed by atoms with Crippen LogP contribution in [0.1, 0.15) is 37.6 Å². The van der Waals surface area contributed by atoms with Gasteiger partial charge in [0.1, 0.15) is 5.82 Å². The third-order valence-corrected chi connectivity index (χ3v) is 4.89. The summed E-state index contributed by atoms with van der Waals surface area (Å²) in [7, 11) is 0. The molecule has 0 bridgehead atoms. The molecular weight excluding hydrogens is 269 g/mol. The number of benzene rings is 1. The predicted octanol–water partition coefficient (Wildman–Crippen LogP) is 3.07. The van der Waals surface area contributed by atoms with Crippen molar-refractivity contribution >= 4 is 11.7 Å². The van der Waals surface area contributed by atoms with Crippen LogP contribution in [0.3, 0.4) is 0 Å². The monoisotopic (exact) mass is 287 g/mol. The van der Waals surface area contributed by atoms with Crippen LogP contribution >= 0.6 is 0 Å². The van der Waals surface area contributed by atoms with Crippen LogP contribution in [-0.4, -0.2) is 11.7 Å². The number of nitrogens with one attached hydrogen (secondary N) is 1. The second-order valence-corrected chi connectivity index (χ2v) is 6.51. The molecule has 0 unspecified atom stereocenters. The average Bonchev–Trinajstić information content (AvgIpc) is 2.78. The SMILES string of the molecule is C/C(NC(=O)c1ccccc1F)=C1\C(=O)C[C@@H]2[C@H]1C2(C)C. The first-order chi connectivity index (χ1) is 9.84. The summed E-state index contributed by atoms with van der Waals surface area (Å²) >= 11 is 0. The summed E-state index contributed by atoms with van der Waals surface area (Å²) in [6.45, 7) is 6.00. The predicted molar refractivity (Wildman–Crippen MR) is 77.0 cm³/mol. The van der Waals surface area contributed by atoms with E-state index in [9.17, 15) is 14.0 Å². The number of rotatable bonds is 2. The van der Waals surface area contributed by atoms with Gasteiger partial charge in [0.05, 0.1) is 5.56 Å². The Morgan fingerprint density at radius 1 is 1.33 bits per heavy atom. The fourth-order valence-electron chi connectivity index (χ4n) is 3.57. The van der Waals surface area contributed by atoms with Gasteiger partial charge in [-0.3, -0.25) is 9.59 Å². The molecule has 110 valence electrons. The second-order valence-electron chi connectivity index (χ2n) is 6.51. The van der Waals surface area contributed by atoms with E-state index in [0.717, 1.165) is 5.57 Å². The Morgan fingerprint density at radius 3 is 2.62 bits per heavy atom. The molecule has 1 N–H and O–H groups in total. The molecule has 21 heavy (non-hydrogen) atoms. The largest absolute Gasteiger partial charge is 0.325 e. The highest BCUT2D eigenvalue weighted by molar-refractivity contribution is 6.03. The maximum absolute atomic E-state index is 13.6. The topological polar surface area (TPSA) is 46.2 Å². The lowest BCUT2D eigenvalue weighted by molar-refractivity contribution is -0.115. The first-order valence-corrected chi connectivity index (χ1v) is 7.14. The molecular formula is C17H18FNO2. The van der Waals surface area contributed by atoms with Gasteiger partial charge in [0.15, 0.2) is 5.78 Å². The summed E-state index contributed by atoms with van der Waals surface area (Å²) in [6, 6.07) is 5.83. The Hall–Kier alpha value is -1.97. The normalized spacial score (nSPS) is 28.1. The van der Waals surface area contributed by atoms with Crippen LogP contribution in [0.2, 0.25) is 0 Å². The van der Waals surface area contributed by atoms with Crippen molar-refractivity contribution in [3.63, 3.8) is 0 Å². The third kappa shape index (κ3) is 2.09. The number of hydrogen-bond donors (Lipinski definition) is 1.